The van der Waals surface area contributed by atoms with Gasteiger partial charge in [-0.2, -0.15) is 5.10 Å². The number of aryl methyl sites for hydroxylation is 2. The Morgan fingerprint density at radius 2 is 2.16 bits per heavy atom. The van der Waals surface area contributed by atoms with Crippen molar-refractivity contribution in [2.24, 2.45) is 18.7 Å². The van der Waals surface area contributed by atoms with E-state index in [2.05, 4.69) is 17.3 Å². The molecule has 0 aromatic carbocycles. The van der Waals surface area contributed by atoms with Crippen LogP contribution in [0.4, 0.5) is 0 Å². The Hall–Kier alpha value is -1.36. The van der Waals surface area contributed by atoms with E-state index in [-0.39, 0.29) is 17.9 Å². The summed E-state index contributed by atoms with van der Waals surface area (Å²) in [5, 5.41) is 7.42. The van der Waals surface area contributed by atoms with Crippen LogP contribution in [0.1, 0.15) is 43.9 Å². The zero-order valence-corrected chi connectivity index (χ0v) is 11.9. The summed E-state index contributed by atoms with van der Waals surface area (Å²) in [4.78, 5) is 12.1. The van der Waals surface area contributed by atoms with Crippen LogP contribution in [0.3, 0.4) is 0 Å². The van der Waals surface area contributed by atoms with E-state index in [9.17, 15) is 4.79 Å². The van der Waals surface area contributed by atoms with Gasteiger partial charge in [-0.05, 0) is 32.1 Å². The van der Waals surface area contributed by atoms with Crippen molar-refractivity contribution in [3.63, 3.8) is 0 Å². The predicted octanol–water partition coefficient (Wildman–Crippen LogP) is 1.12. The average molecular weight is 264 g/mol. The Labute approximate surface area is 114 Å². The summed E-state index contributed by atoms with van der Waals surface area (Å²) in [6, 6.07) is 0.286. The highest BCUT2D eigenvalue weighted by Crippen LogP contribution is 2.23. The second-order valence-electron chi connectivity index (χ2n) is 5.46. The molecule has 1 aliphatic rings. The van der Waals surface area contributed by atoms with Crippen molar-refractivity contribution in [2.75, 3.05) is 0 Å². The summed E-state index contributed by atoms with van der Waals surface area (Å²) >= 11 is 0. The lowest BCUT2D eigenvalue weighted by Gasteiger charge is -2.25. The molecule has 1 aromatic heterocycles. The van der Waals surface area contributed by atoms with Gasteiger partial charge in [-0.3, -0.25) is 9.48 Å². The molecule has 0 unspecified atom stereocenters. The number of nitrogens with one attached hydrogen (secondary N) is 1. The van der Waals surface area contributed by atoms with E-state index in [1.165, 1.54) is 0 Å². The zero-order valence-electron chi connectivity index (χ0n) is 11.9. The summed E-state index contributed by atoms with van der Waals surface area (Å²) in [5.74, 6) is 0.305. The molecule has 1 saturated carbocycles. The summed E-state index contributed by atoms with van der Waals surface area (Å²) in [5.41, 5.74) is 8.04. The SMILES string of the molecule is CCc1nn(C)cc1CNC(=O)C1CCC(N)CC1. The average Bonchev–Trinajstić information content (AvgIpc) is 2.77. The van der Waals surface area contributed by atoms with Crippen LogP contribution in [0, 0.1) is 5.92 Å². The molecule has 0 aliphatic heterocycles. The van der Waals surface area contributed by atoms with Crippen molar-refractivity contribution in [1.29, 1.82) is 0 Å². The van der Waals surface area contributed by atoms with Gasteiger partial charge in [0.2, 0.25) is 5.91 Å². The molecule has 1 aromatic rings. The van der Waals surface area contributed by atoms with E-state index in [4.69, 9.17) is 5.73 Å². The van der Waals surface area contributed by atoms with Crippen molar-refractivity contribution < 1.29 is 4.79 Å². The number of nitrogens with two attached hydrogens (primary N) is 1. The molecule has 5 nitrogen and oxygen atoms in total. The van der Waals surface area contributed by atoms with Crippen molar-refractivity contribution in [3.05, 3.63) is 17.5 Å². The fourth-order valence-electron chi connectivity index (χ4n) is 2.74. The lowest BCUT2D eigenvalue weighted by atomic mass is 9.86. The molecule has 1 heterocycles. The van der Waals surface area contributed by atoms with E-state index in [0.29, 0.717) is 6.54 Å². The first-order valence-corrected chi connectivity index (χ1v) is 7.14. The van der Waals surface area contributed by atoms with Crippen LogP contribution in [-0.2, 0) is 24.8 Å². The van der Waals surface area contributed by atoms with Gasteiger partial charge in [0.1, 0.15) is 0 Å². The number of carbonyl (C=O) groups excluding carboxylic acids is 1. The van der Waals surface area contributed by atoms with Crippen LogP contribution in [0.2, 0.25) is 0 Å². The van der Waals surface area contributed by atoms with Gasteiger partial charge in [-0.15, -0.1) is 0 Å². The largest absolute Gasteiger partial charge is 0.352 e. The molecular weight excluding hydrogens is 240 g/mol. The molecule has 3 N–H and O–H groups in total. The smallest absolute Gasteiger partial charge is 0.223 e. The van der Waals surface area contributed by atoms with Crippen LogP contribution in [0.25, 0.3) is 0 Å². The second-order valence-corrected chi connectivity index (χ2v) is 5.46. The van der Waals surface area contributed by atoms with Crippen molar-refractivity contribution in [1.82, 2.24) is 15.1 Å². The number of carbonyl (C=O) groups is 1. The minimum Gasteiger partial charge on any atom is -0.352 e. The molecule has 2 rings (SSSR count). The maximum Gasteiger partial charge on any atom is 0.223 e. The van der Waals surface area contributed by atoms with Gasteiger partial charge in [-0.25, -0.2) is 0 Å². The Balaban J connectivity index is 1.86. The fourth-order valence-corrected chi connectivity index (χ4v) is 2.74. The molecule has 0 atom stereocenters. The Morgan fingerprint density at radius 1 is 1.47 bits per heavy atom. The van der Waals surface area contributed by atoms with Gasteiger partial charge in [-0.1, -0.05) is 6.92 Å². The third kappa shape index (κ3) is 3.56. The number of hydrogen-bond acceptors (Lipinski definition) is 3. The van der Waals surface area contributed by atoms with Gasteiger partial charge in [0.05, 0.1) is 5.69 Å². The minimum absolute atomic E-state index is 0.140. The quantitative estimate of drug-likeness (QED) is 0.856. The Bertz CT molecular complexity index is 433. The van der Waals surface area contributed by atoms with Crippen molar-refractivity contribution in [3.8, 4) is 0 Å². The summed E-state index contributed by atoms with van der Waals surface area (Å²) in [7, 11) is 1.91. The maximum atomic E-state index is 12.1. The van der Waals surface area contributed by atoms with Crippen LogP contribution >= 0.6 is 0 Å². The van der Waals surface area contributed by atoms with E-state index < -0.39 is 0 Å². The molecule has 5 heteroatoms. The first-order valence-electron chi connectivity index (χ1n) is 7.14. The molecule has 0 spiro atoms. The molecule has 1 amide bonds. The molecular formula is C14H24N4O. The highest BCUT2D eigenvalue weighted by Gasteiger charge is 2.24. The zero-order chi connectivity index (χ0) is 13.8. The predicted molar refractivity (Wildman–Crippen MR) is 74.4 cm³/mol. The molecule has 1 fully saturated rings. The minimum atomic E-state index is 0.140. The summed E-state index contributed by atoms with van der Waals surface area (Å²) in [6.07, 6.45) is 6.64. The van der Waals surface area contributed by atoms with E-state index in [1.807, 2.05) is 13.2 Å². The highest BCUT2D eigenvalue weighted by atomic mass is 16.1. The molecule has 19 heavy (non-hydrogen) atoms. The van der Waals surface area contributed by atoms with Gasteiger partial charge in [0, 0.05) is 37.3 Å². The van der Waals surface area contributed by atoms with Crippen molar-refractivity contribution in [2.45, 2.75) is 51.6 Å². The number of aromatic nitrogens is 2. The number of hydrogen-bond donors (Lipinski definition) is 2. The first kappa shape index (κ1) is 14.1. The standard InChI is InChI=1S/C14H24N4O/c1-3-13-11(9-18(2)17-13)8-16-14(19)10-4-6-12(15)7-5-10/h9-10,12H,3-8,15H2,1-2H3,(H,16,19). The normalized spacial score (nSPS) is 23.3. The lowest BCUT2D eigenvalue weighted by molar-refractivity contribution is -0.126. The summed E-state index contributed by atoms with van der Waals surface area (Å²) in [6.45, 7) is 2.66. The molecule has 106 valence electrons. The topological polar surface area (TPSA) is 72.9 Å². The van der Waals surface area contributed by atoms with Gasteiger partial charge in [0.15, 0.2) is 0 Å². The van der Waals surface area contributed by atoms with E-state index >= 15 is 0 Å². The van der Waals surface area contributed by atoms with Crippen LogP contribution in [0.5, 0.6) is 0 Å². The highest BCUT2D eigenvalue weighted by molar-refractivity contribution is 5.78. The Kier molecular flexibility index (Phi) is 4.58. The summed E-state index contributed by atoms with van der Waals surface area (Å²) < 4.78 is 1.81. The fraction of sp³-hybridized carbons (Fsp3) is 0.714. The molecule has 0 bridgehead atoms. The maximum absolute atomic E-state index is 12.1. The van der Waals surface area contributed by atoms with E-state index in [0.717, 1.165) is 43.4 Å². The number of amides is 1. The molecule has 1 aliphatic carbocycles. The van der Waals surface area contributed by atoms with Crippen molar-refractivity contribution >= 4 is 5.91 Å². The van der Waals surface area contributed by atoms with Gasteiger partial charge in [0.25, 0.3) is 0 Å². The molecule has 0 radical (unpaired) electrons. The van der Waals surface area contributed by atoms with Gasteiger partial charge >= 0.3 is 0 Å². The molecule has 0 saturated heterocycles. The van der Waals surface area contributed by atoms with Gasteiger partial charge < -0.3 is 11.1 Å². The lowest BCUT2D eigenvalue weighted by Crippen LogP contribution is -2.36. The van der Waals surface area contributed by atoms with Crippen LogP contribution in [0.15, 0.2) is 6.20 Å². The number of rotatable bonds is 4. The Morgan fingerprint density at radius 3 is 2.79 bits per heavy atom. The van der Waals surface area contributed by atoms with E-state index in [1.54, 1.807) is 4.68 Å². The first-order chi connectivity index (χ1) is 9.10. The van der Waals surface area contributed by atoms with Crippen LogP contribution < -0.4 is 11.1 Å². The number of nitrogens with zero attached hydrogens (tertiary/aromatic N) is 2. The monoisotopic (exact) mass is 264 g/mol. The van der Waals surface area contributed by atoms with Crippen LogP contribution in [-0.4, -0.2) is 21.7 Å². The third-order valence-corrected chi connectivity index (χ3v) is 3.92. The third-order valence-electron chi connectivity index (χ3n) is 3.92. The second kappa shape index (κ2) is 6.19.